The minimum atomic E-state index is -0.798. The third-order valence-electron chi connectivity index (χ3n) is 4.26. The van der Waals surface area contributed by atoms with Gasteiger partial charge >= 0.3 is 5.97 Å². The number of rotatable bonds is 4. The van der Waals surface area contributed by atoms with Crippen molar-refractivity contribution in [3.8, 4) is 28.6 Å². The number of para-hydroxylation sites is 1. The van der Waals surface area contributed by atoms with Gasteiger partial charge in [-0.3, -0.25) is 9.59 Å². The summed E-state index contributed by atoms with van der Waals surface area (Å²) in [5.74, 6) is 0.352. The molecule has 1 heterocycles. The van der Waals surface area contributed by atoms with Crippen LogP contribution in [-0.4, -0.2) is 20.2 Å². The van der Waals surface area contributed by atoms with Crippen LogP contribution in [0.25, 0.3) is 22.3 Å². The molecule has 7 heteroatoms. The Morgan fingerprint density at radius 3 is 2.34 bits per heavy atom. The van der Waals surface area contributed by atoms with Gasteiger partial charge in [0.05, 0.1) is 29.5 Å². The van der Waals surface area contributed by atoms with Crippen molar-refractivity contribution in [1.82, 2.24) is 0 Å². The van der Waals surface area contributed by atoms with Crippen LogP contribution < -0.4 is 19.6 Å². The van der Waals surface area contributed by atoms with Gasteiger partial charge in [0, 0.05) is 5.56 Å². The zero-order valence-electron chi connectivity index (χ0n) is 16.8. The molecule has 6 nitrogen and oxygen atoms in total. The molecular formula is C22H21BrO6. The molecule has 29 heavy (non-hydrogen) atoms. The summed E-state index contributed by atoms with van der Waals surface area (Å²) in [6.45, 7) is 5.14. The highest BCUT2D eigenvalue weighted by molar-refractivity contribution is 9.10. The van der Waals surface area contributed by atoms with E-state index < -0.39 is 16.8 Å². The average Bonchev–Trinajstić information content (AvgIpc) is 2.68. The summed E-state index contributed by atoms with van der Waals surface area (Å²) in [5, 5.41) is 0.326. The first-order valence-electron chi connectivity index (χ1n) is 8.87. The topological polar surface area (TPSA) is 75.0 Å². The molecule has 0 unspecified atom stereocenters. The second-order valence-corrected chi connectivity index (χ2v) is 8.27. The zero-order valence-corrected chi connectivity index (χ0v) is 18.4. The summed E-state index contributed by atoms with van der Waals surface area (Å²) in [7, 11) is 3.03. The fourth-order valence-corrected chi connectivity index (χ4v) is 3.31. The Hall–Kier alpha value is -2.80. The molecule has 0 spiro atoms. The molecule has 0 saturated carbocycles. The summed E-state index contributed by atoms with van der Waals surface area (Å²) >= 11 is 3.44. The number of esters is 1. The van der Waals surface area contributed by atoms with Crippen LogP contribution in [0.4, 0.5) is 0 Å². The van der Waals surface area contributed by atoms with E-state index >= 15 is 0 Å². The van der Waals surface area contributed by atoms with Crippen molar-refractivity contribution in [2.24, 2.45) is 5.41 Å². The molecule has 0 aliphatic rings. The van der Waals surface area contributed by atoms with Gasteiger partial charge in [0.1, 0.15) is 5.58 Å². The van der Waals surface area contributed by atoms with Gasteiger partial charge in [0.15, 0.2) is 17.3 Å². The average molecular weight is 461 g/mol. The van der Waals surface area contributed by atoms with Crippen LogP contribution in [0.1, 0.15) is 20.8 Å². The number of carbonyl (C=O) groups excluding carboxylic acids is 1. The Morgan fingerprint density at radius 1 is 1.03 bits per heavy atom. The van der Waals surface area contributed by atoms with Crippen LogP contribution >= 0.6 is 15.9 Å². The fourth-order valence-electron chi connectivity index (χ4n) is 2.70. The van der Waals surface area contributed by atoms with Crippen LogP contribution in [-0.2, 0) is 4.79 Å². The molecule has 0 saturated heterocycles. The Morgan fingerprint density at radius 2 is 1.72 bits per heavy atom. The lowest BCUT2D eigenvalue weighted by Gasteiger charge is -2.18. The summed E-state index contributed by atoms with van der Waals surface area (Å²) in [6, 6.07) is 10.2. The van der Waals surface area contributed by atoms with Gasteiger partial charge in [-0.1, -0.05) is 12.1 Å². The van der Waals surface area contributed by atoms with Gasteiger partial charge in [0.2, 0.25) is 11.2 Å². The molecule has 0 radical (unpaired) electrons. The van der Waals surface area contributed by atoms with Gasteiger partial charge in [-0.05, 0) is 61.0 Å². The van der Waals surface area contributed by atoms with Gasteiger partial charge in [-0.25, -0.2) is 0 Å². The quantitative estimate of drug-likeness (QED) is 0.498. The maximum absolute atomic E-state index is 13.1. The lowest BCUT2D eigenvalue weighted by atomic mass is 9.97. The summed E-state index contributed by atoms with van der Waals surface area (Å²) in [4.78, 5) is 25.7. The normalized spacial score (nSPS) is 11.4. The highest BCUT2D eigenvalue weighted by Crippen LogP contribution is 2.42. The number of carbonyl (C=O) groups is 1. The predicted octanol–water partition coefficient (Wildman–Crippen LogP) is 5.19. The number of ether oxygens (including phenoxy) is 3. The first kappa shape index (κ1) is 20.9. The monoisotopic (exact) mass is 460 g/mol. The van der Waals surface area contributed by atoms with E-state index in [9.17, 15) is 9.59 Å². The zero-order chi connectivity index (χ0) is 21.3. The number of methoxy groups -OCH3 is 2. The van der Waals surface area contributed by atoms with Crippen molar-refractivity contribution in [1.29, 1.82) is 0 Å². The fraction of sp³-hybridized carbons (Fsp3) is 0.273. The molecule has 0 atom stereocenters. The van der Waals surface area contributed by atoms with E-state index in [2.05, 4.69) is 15.9 Å². The molecule has 3 aromatic rings. The first-order chi connectivity index (χ1) is 13.7. The number of benzene rings is 2. The lowest BCUT2D eigenvalue weighted by Crippen LogP contribution is -2.28. The minimum Gasteiger partial charge on any atom is -0.493 e. The summed E-state index contributed by atoms with van der Waals surface area (Å²) < 4.78 is 22.9. The van der Waals surface area contributed by atoms with Gasteiger partial charge in [0.25, 0.3) is 0 Å². The molecule has 0 N–H and O–H groups in total. The summed E-state index contributed by atoms with van der Waals surface area (Å²) in [6.07, 6.45) is 0. The molecule has 0 bridgehead atoms. The van der Waals surface area contributed by atoms with E-state index in [0.717, 1.165) is 0 Å². The van der Waals surface area contributed by atoms with Crippen molar-refractivity contribution in [2.75, 3.05) is 14.2 Å². The van der Waals surface area contributed by atoms with Gasteiger partial charge in [-0.2, -0.15) is 0 Å². The van der Waals surface area contributed by atoms with E-state index in [0.29, 0.717) is 32.5 Å². The second-order valence-electron chi connectivity index (χ2n) is 7.42. The van der Waals surface area contributed by atoms with E-state index in [1.165, 1.54) is 14.2 Å². The Bertz CT molecular complexity index is 1140. The molecular weight excluding hydrogens is 440 g/mol. The van der Waals surface area contributed by atoms with Crippen molar-refractivity contribution in [2.45, 2.75) is 20.8 Å². The number of halogens is 1. The lowest BCUT2D eigenvalue weighted by molar-refractivity contribution is -0.143. The first-order valence-corrected chi connectivity index (χ1v) is 9.66. The second kappa shape index (κ2) is 7.91. The third-order valence-corrected chi connectivity index (χ3v) is 4.85. The number of hydrogen-bond acceptors (Lipinski definition) is 6. The van der Waals surface area contributed by atoms with Gasteiger partial charge < -0.3 is 18.6 Å². The molecule has 1 aromatic heterocycles. The van der Waals surface area contributed by atoms with Crippen LogP contribution in [0.5, 0.6) is 17.2 Å². The molecule has 152 valence electrons. The van der Waals surface area contributed by atoms with Crippen LogP contribution in [0, 0.1) is 5.41 Å². The molecule has 0 fully saturated rings. The van der Waals surface area contributed by atoms with E-state index in [1.807, 2.05) is 0 Å². The maximum Gasteiger partial charge on any atom is 0.316 e. The predicted molar refractivity (Wildman–Crippen MR) is 114 cm³/mol. The van der Waals surface area contributed by atoms with E-state index in [1.54, 1.807) is 57.2 Å². The van der Waals surface area contributed by atoms with E-state index in [4.69, 9.17) is 18.6 Å². The van der Waals surface area contributed by atoms with Crippen molar-refractivity contribution < 1.29 is 23.4 Å². The Balaban J connectivity index is 2.32. The van der Waals surface area contributed by atoms with Crippen molar-refractivity contribution in [3.05, 3.63) is 51.1 Å². The minimum absolute atomic E-state index is 0.132. The highest BCUT2D eigenvalue weighted by Gasteiger charge is 2.28. The largest absolute Gasteiger partial charge is 0.493 e. The summed E-state index contributed by atoms with van der Waals surface area (Å²) in [5.41, 5.74) is -0.346. The van der Waals surface area contributed by atoms with Crippen molar-refractivity contribution >= 4 is 32.9 Å². The molecule has 0 aliphatic carbocycles. The Labute approximate surface area is 176 Å². The smallest absolute Gasteiger partial charge is 0.316 e. The van der Waals surface area contributed by atoms with E-state index in [-0.39, 0.29) is 11.5 Å². The molecule has 0 aliphatic heterocycles. The number of fused-ring (bicyclic) bond motifs is 1. The molecule has 3 rings (SSSR count). The third kappa shape index (κ3) is 4.00. The molecule has 0 amide bonds. The SMILES string of the molecule is COc1cc(-c2oc3ccccc3c(=O)c2OC(=O)C(C)(C)C)cc(Br)c1OC. The Kier molecular flexibility index (Phi) is 5.71. The van der Waals surface area contributed by atoms with Crippen LogP contribution in [0.3, 0.4) is 0 Å². The van der Waals surface area contributed by atoms with Gasteiger partial charge in [-0.15, -0.1) is 0 Å². The standard InChI is InChI=1S/C22H21BrO6/c1-22(2,3)21(25)29-20-17(24)13-8-6-7-9-15(13)28-18(20)12-10-14(23)19(27-5)16(11-12)26-4/h6-11H,1-5H3. The molecule has 2 aromatic carbocycles. The maximum atomic E-state index is 13.1. The van der Waals surface area contributed by atoms with Crippen molar-refractivity contribution in [3.63, 3.8) is 0 Å². The highest BCUT2D eigenvalue weighted by atomic mass is 79.9. The van der Waals surface area contributed by atoms with Crippen LogP contribution in [0.2, 0.25) is 0 Å². The van der Waals surface area contributed by atoms with Crippen LogP contribution in [0.15, 0.2) is 50.1 Å². The number of hydrogen-bond donors (Lipinski definition) is 0.